The quantitative estimate of drug-likeness (QED) is 0.288. The van der Waals surface area contributed by atoms with Crippen molar-refractivity contribution in [2.45, 2.75) is 0 Å². The molecule has 5 heavy (non-hydrogen) atoms. The van der Waals surface area contributed by atoms with E-state index in [1.807, 2.05) is 0 Å². The first-order valence-electron chi connectivity index (χ1n) is 0.471. The summed E-state index contributed by atoms with van der Waals surface area (Å²) in [6, 6.07) is 0. The van der Waals surface area contributed by atoms with Crippen molar-refractivity contribution in [3.63, 3.8) is 0 Å². The van der Waals surface area contributed by atoms with E-state index in [4.69, 9.17) is 7.96 Å². The van der Waals surface area contributed by atoms with Gasteiger partial charge in [-0.15, -0.1) is 0 Å². The first-order chi connectivity index (χ1) is 1.41. The van der Waals surface area contributed by atoms with Gasteiger partial charge in [-0.1, -0.05) is 0 Å². The Hall–Kier alpha value is 2.13. The van der Waals surface area contributed by atoms with E-state index in [1.54, 1.807) is 0 Å². The summed E-state index contributed by atoms with van der Waals surface area (Å²) in [7, 11) is 0. The van der Waals surface area contributed by atoms with Gasteiger partial charge in [-0.05, 0) is 0 Å². The van der Waals surface area contributed by atoms with Crippen molar-refractivity contribution < 1.29 is 68.5 Å². The minimum atomic E-state index is -1.75. The normalized spacial score (nSPS) is 1.60. The van der Waals surface area contributed by atoms with Gasteiger partial charge in [0.15, 0.2) is 0 Å². The van der Waals surface area contributed by atoms with Crippen molar-refractivity contribution in [3.8, 4) is 0 Å². The monoisotopic (exact) mass is 106 g/mol. The predicted molar refractivity (Wildman–Crippen MR) is 7.55 cm³/mol. The average molecular weight is 106 g/mol. The summed E-state index contributed by atoms with van der Waals surface area (Å²) in [5.41, 5.74) is 0. The van der Waals surface area contributed by atoms with Crippen LogP contribution in [0.4, 0.5) is 0 Å². The van der Waals surface area contributed by atoms with Gasteiger partial charge in [0.1, 0.15) is 0 Å². The molecule has 0 saturated heterocycles. The second-order valence-electron chi connectivity index (χ2n) is 0.0962. The Labute approximate surface area is 82.7 Å². The van der Waals surface area contributed by atoms with Gasteiger partial charge in [-0.25, -0.2) is 0 Å². The average Bonchev–Trinajstić information content (AvgIpc) is 0.918. The standard InChI is InChI=1S/Al.2Na.2O.H/q;2*+1;;2*-1. The van der Waals surface area contributed by atoms with Gasteiger partial charge in [0.05, 0.1) is 0 Å². The van der Waals surface area contributed by atoms with Crippen LogP contribution in [-0.4, -0.2) is 15.5 Å². The zero-order valence-corrected chi connectivity index (χ0v) is 8.55. The molecular weight excluding hydrogens is 105 g/mol. The number of hydrogen-bond donors (Lipinski definition) is 0. The Morgan fingerprint density at radius 2 is 1.60 bits per heavy atom. The molecule has 0 radical (unpaired) electrons. The third kappa shape index (κ3) is 23.0. The first-order valence-corrected chi connectivity index (χ1v) is 1.41. The van der Waals surface area contributed by atoms with Crippen LogP contribution in [0.3, 0.4) is 0 Å². The molecule has 0 aliphatic heterocycles. The molecule has 0 aromatic rings. The van der Waals surface area contributed by atoms with Crippen molar-refractivity contribution in [3.05, 3.63) is 0 Å². The molecule has 18 valence electrons. The third-order valence-corrected chi connectivity index (χ3v) is 0. The van der Waals surface area contributed by atoms with E-state index in [2.05, 4.69) is 0 Å². The molecule has 0 unspecified atom stereocenters. The third-order valence-electron chi connectivity index (χ3n) is 0. The molecule has 0 aliphatic rings. The van der Waals surface area contributed by atoms with Gasteiger partial charge in [0, 0.05) is 0 Å². The minimum absolute atomic E-state index is 0. The summed E-state index contributed by atoms with van der Waals surface area (Å²) < 4.78 is 16.9. The van der Waals surface area contributed by atoms with Crippen molar-refractivity contribution >= 4 is 15.5 Å². The van der Waals surface area contributed by atoms with Crippen LogP contribution < -0.4 is 63.3 Å². The Morgan fingerprint density at radius 1 is 1.60 bits per heavy atom. The molecule has 0 fully saturated rings. The predicted octanol–water partition coefficient (Wildman–Crippen LogP) is -7.57. The summed E-state index contributed by atoms with van der Waals surface area (Å²) in [6.45, 7) is 0. The SMILES string of the molecule is [H-].[Na+].[Na+].[O]=[Al][O-]. The summed E-state index contributed by atoms with van der Waals surface area (Å²) in [4.78, 5) is 0. The zero-order chi connectivity index (χ0) is 2.71. The van der Waals surface area contributed by atoms with Gasteiger partial charge in [0.25, 0.3) is 0 Å². The molecular formula is HAlNa2O2. The first kappa shape index (κ1) is 15.7. The van der Waals surface area contributed by atoms with Crippen LogP contribution in [0.2, 0.25) is 0 Å². The van der Waals surface area contributed by atoms with Crippen molar-refractivity contribution in [1.82, 2.24) is 0 Å². The summed E-state index contributed by atoms with van der Waals surface area (Å²) in [5, 5.41) is 0. The van der Waals surface area contributed by atoms with E-state index in [0.717, 1.165) is 0 Å². The molecule has 0 N–H and O–H groups in total. The summed E-state index contributed by atoms with van der Waals surface area (Å²) in [5.74, 6) is 0. The summed E-state index contributed by atoms with van der Waals surface area (Å²) >= 11 is -1.75. The second kappa shape index (κ2) is 16.5. The van der Waals surface area contributed by atoms with E-state index >= 15 is 0 Å². The van der Waals surface area contributed by atoms with Gasteiger partial charge in [-0.2, -0.15) is 0 Å². The van der Waals surface area contributed by atoms with Gasteiger partial charge < -0.3 is 1.43 Å². The molecule has 0 saturated carbocycles. The molecule has 0 heterocycles. The van der Waals surface area contributed by atoms with Crippen LogP contribution in [0.25, 0.3) is 0 Å². The Morgan fingerprint density at radius 3 is 1.60 bits per heavy atom. The Balaban J connectivity index is -0.00000000667. The van der Waals surface area contributed by atoms with E-state index in [-0.39, 0.29) is 60.5 Å². The number of hydrogen-bond acceptors (Lipinski definition) is 2. The van der Waals surface area contributed by atoms with Crippen molar-refractivity contribution in [1.29, 1.82) is 0 Å². The number of rotatable bonds is 0. The van der Waals surface area contributed by atoms with E-state index < -0.39 is 15.5 Å². The molecule has 0 spiro atoms. The topological polar surface area (TPSA) is 40.1 Å². The van der Waals surface area contributed by atoms with Gasteiger partial charge in [-0.3, -0.25) is 0 Å². The molecule has 0 bridgehead atoms. The van der Waals surface area contributed by atoms with Crippen LogP contribution in [-0.2, 0) is 3.80 Å². The molecule has 0 aromatic carbocycles. The molecule has 0 atom stereocenters. The van der Waals surface area contributed by atoms with Gasteiger partial charge in [0.2, 0.25) is 0 Å². The van der Waals surface area contributed by atoms with Crippen molar-refractivity contribution in [2.24, 2.45) is 0 Å². The molecule has 5 heteroatoms. The van der Waals surface area contributed by atoms with Crippen LogP contribution >= 0.6 is 0 Å². The summed E-state index contributed by atoms with van der Waals surface area (Å²) in [6.07, 6.45) is 0. The second-order valence-corrected chi connectivity index (χ2v) is 0.289. The fraction of sp³-hybridized carbons (Fsp3) is 0. The maximum absolute atomic E-state index is 8.46. The zero-order valence-electron chi connectivity index (χ0n) is 4.39. The molecule has 0 aliphatic carbocycles. The molecule has 0 amide bonds. The van der Waals surface area contributed by atoms with Crippen LogP contribution in [0.1, 0.15) is 1.43 Å². The molecule has 0 rings (SSSR count). The van der Waals surface area contributed by atoms with Crippen LogP contribution in [0.5, 0.6) is 0 Å². The van der Waals surface area contributed by atoms with Crippen molar-refractivity contribution in [2.75, 3.05) is 0 Å². The maximum atomic E-state index is 8.46. The Bertz CT molecular complexity index is 19.0. The fourth-order valence-electron chi connectivity index (χ4n) is 0. The van der Waals surface area contributed by atoms with Gasteiger partial charge >= 0.3 is 82.6 Å². The molecule has 0 aromatic heterocycles. The van der Waals surface area contributed by atoms with E-state index in [0.29, 0.717) is 0 Å². The molecule has 2 nitrogen and oxygen atoms in total. The fourth-order valence-corrected chi connectivity index (χ4v) is 0. The Kier molecular flexibility index (Phi) is 51.7. The van der Waals surface area contributed by atoms with Crippen LogP contribution in [0, 0.1) is 0 Å². The van der Waals surface area contributed by atoms with E-state index in [1.165, 1.54) is 0 Å². The van der Waals surface area contributed by atoms with Crippen LogP contribution in [0.15, 0.2) is 0 Å². The van der Waals surface area contributed by atoms with E-state index in [9.17, 15) is 0 Å².